The molecule has 5 heteroatoms. The molecule has 15 heavy (non-hydrogen) atoms. The summed E-state index contributed by atoms with van der Waals surface area (Å²) in [5.41, 5.74) is 1.02. The Kier molecular flexibility index (Phi) is 2.77. The van der Waals surface area contributed by atoms with Crippen molar-refractivity contribution in [2.75, 3.05) is 6.07 Å². The highest BCUT2D eigenvalue weighted by Crippen LogP contribution is 2.45. The first-order chi connectivity index (χ1) is 7.22. The van der Waals surface area contributed by atoms with Crippen molar-refractivity contribution >= 4 is 17.3 Å². The summed E-state index contributed by atoms with van der Waals surface area (Å²) in [4.78, 5) is 10.2. The summed E-state index contributed by atoms with van der Waals surface area (Å²) >= 11 is 5.48. The molecule has 0 heterocycles. The molecule has 80 valence electrons. The van der Waals surface area contributed by atoms with Crippen LogP contribution in [0.25, 0.3) is 0 Å². The third kappa shape index (κ3) is 2.21. The maximum absolute atomic E-state index is 10.6. The van der Waals surface area contributed by atoms with Crippen molar-refractivity contribution in [3.05, 3.63) is 33.9 Å². The van der Waals surface area contributed by atoms with Gasteiger partial charge in [-0.2, -0.15) is 0 Å². The summed E-state index contributed by atoms with van der Waals surface area (Å²) < 4.78 is 5.22. The van der Waals surface area contributed by atoms with Crippen molar-refractivity contribution in [1.29, 1.82) is 0 Å². The van der Waals surface area contributed by atoms with Gasteiger partial charge in [-0.1, -0.05) is 11.6 Å². The highest BCUT2D eigenvalue weighted by Gasteiger charge is 2.28. The van der Waals surface area contributed by atoms with Crippen LogP contribution in [0.15, 0.2) is 18.2 Å². The molecular formula is C10H10ClNO3. The van der Waals surface area contributed by atoms with Crippen LogP contribution in [0.1, 0.15) is 24.3 Å². The van der Waals surface area contributed by atoms with E-state index in [0.29, 0.717) is 11.7 Å². The number of rotatable bonds is 4. The smallest absolute Gasteiger partial charge is 0.269 e. The first-order valence-electron chi connectivity index (χ1n) is 4.69. The maximum Gasteiger partial charge on any atom is 0.269 e. The van der Waals surface area contributed by atoms with E-state index in [1.807, 2.05) is 0 Å². The molecule has 0 N–H and O–H groups in total. The van der Waals surface area contributed by atoms with E-state index in [2.05, 4.69) is 0 Å². The Hall–Kier alpha value is -1.29. The lowest BCUT2D eigenvalue weighted by Gasteiger charge is -2.07. The molecule has 1 aromatic rings. The predicted octanol–water partition coefficient (Wildman–Crippen LogP) is 3.05. The van der Waals surface area contributed by atoms with Crippen LogP contribution in [0, 0.1) is 10.1 Å². The van der Waals surface area contributed by atoms with E-state index < -0.39 is 4.92 Å². The van der Waals surface area contributed by atoms with Crippen molar-refractivity contribution in [2.24, 2.45) is 0 Å². The average Bonchev–Trinajstić information content (AvgIpc) is 3.02. The fourth-order valence-corrected chi connectivity index (χ4v) is 1.67. The van der Waals surface area contributed by atoms with Crippen LogP contribution < -0.4 is 4.74 Å². The normalized spacial score (nSPS) is 15.0. The fraction of sp³-hybridized carbons (Fsp3) is 0.400. The Morgan fingerprint density at radius 1 is 1.53 bits per heavy atom. The summed E-state index contributed by atoms with van der Waals surface area (Å²) in [6.45, 7) is 0. The second kappa shape index (κ2) is 4.06. The lowest BCUT2D eigenvalue weighted by Crippen LogP contribution is -1.96. The predicted molar refractivity (Wildman–Crippen MR) is 56.4 cm³/mol. The number of hydrogen-bond acceptors (Lipinski definition) is 3. The van der Waals surface area contributed by atoms with E-state index in [-0.39, 0.29) is 11.8 Å². The van der Waals surface area contributed by atoms with Crippen molar-refractivity contribution in [3.63, 3.8) is 0 Å². The number of alkyl halides is 1. The minimum Gasteiger partial charge on any atom is -0.478 e. The molecule has 1 aliphatic rings. The first-order valence-corrected chi connectivity index (χ1v) is 5.23. The number of nitro benzene ring substituents is 1. The Balaban J connectivity index is 2.35. The topological polar surface area (TPSA) is 52.4 Å². The van der Waals surface area contributed by atoms with Gasteiger partial charge < -0.3 is 4.74 Å². The Morgan fingerprint density at radius 3 is 2.80 bits per heavy atom. The van der Waals surface area contributed by atoms with Crippen LogP contribution in [0.3, 0.4) is 0 Å². The third-order valence-electron chi connectivity index (χ3n) is 2.43. The maximum atomic E-state index is 10.6. The van der Waals surface area contributed by atoms with Gasteiger partial charge in [0.05, 0.1) is 4.92 Å². The molecule has 0 bridgehead atoms. The lowest BCUT2D eigenvalue weighted by molar-refractivity contribution is -0.384. The largest absolute Gasteiger partial charge is 0.478 e. The van der Waals surface area contributed by atoms with Gasteiger partial charge in [-0.05, 0) is 24.8 Å². The van der Waals surface area contributed by atoms with E-state index >= 15 is 0 Å². The Morgan fingerprint density at radius 2 is 2.27 bits per heavy atom. The molecule has 0 atom stereocenters. The quantitative estimate of drug-likeness (QED) is 0.451. The number of hydrogen-bond donors (Lipinski definition) is 0. The Labute approximate surface area is 92.0 Å². The van der Waals surface area contributed by atoms with Crippen molar-refractivity contribution in [1.82, 2.24) is 0 Å². The number of nitro groups is 1. The number of halogens is 1. The molecule has 1 fully saturated rings. The summed E-state index contributed by atoms with van der Waals surface area (Å²) in [5, 5.41) is 10.6. The van der Waals surface area contributed by atoms with E-state index in [9.17, 15) is 10.1 Å². The van der Waals surface area contributed by atoms with Crippen molar-refractivity contribution in [2.45, 2.75) is 18.8 Å². The van der Waals surface area contributed by atoms with Crippen LogP contribution in [0.2, 0.25) is 0 Å². The van der Waals surface area contributed by atoms with Gasteiger partial charge in [0.25, 0.3) is 5.69 Å². The van der Waals surface area contributed by atoms with Crippen LogP contribution >= 0.6 is 11.6 Å². The van der Waals surface area contributed by atoms with E-state index in [1.54, 1.807) is 12.1 Å². The number of ether oxygens (including phenoxy) is 1. The number of non-ortho nitro benzene ring substituents is 1. The van der Waals surface area contributed by atoms with Crippen molar-refractivity contribution in [3.8, 4) is 5.75 Å². The SMILES string of the molecule is O=[N+]([O-])c1ccc(OCCl)c(C2CC2)c1. The second-order valence-electron chi connectivity index (χ2n) is 3.51. The molecule has 0 saturated heterocycles. The molecular weight excluding hydrogens is 218 g/mol. The molecule has 0 aliphatic heterocycles. The summed E-state index contributed by atoms with van der Waals surface area (Å²) in [5.74, 6) is 1.07. The second-order valence-corrected chi connectivity index (χ2v) is 3.73. The lowest BCUT2D eigenvalue weighted by atomic mass is 10.1. The molecule has 0 aromatic heterocycles. The zero-order valence-corrected chi connectivity index (χ0v) is 8.74. The van der Waals surface area contributed by atoms with Gasteiger partial charge in [-0.3, -0.25) is 10.1 Å². The van der Waals surface area contributed by atoms with Crippen LogP contribution in [-0.4, -0.2) is 11.0 Å². The van der Waals surface area contributed by atoms with E-state index in [4.69, 9.17) is 16.3 Å². The third-order valence-corrected chi connectivity index (χ3v) is 2.54. The first kappa shape index (κ1) is 10.2. The number of nitrogens with zero attached hydrogens (tertiary/aromatic N) is 1. The molecule has 1 aromatic carbocycles. The molecule has 1 aliphatic carbocycles. The minimum absolute atomic E-state index is 0.0670. The molecule has 0 radical (unpaired) electrons. The van der Waals surface area contributed by atoms with Gasteiger partial charge in [0.1, 0.15) is 5.75 Å². The van der Waals surface area contributed by atoms with Gasteiger partial charge in [-0.15, -0.1) is 0 Å². The van der Waals surface area contributed by atoms with Gasteiger partial charge >= 0.3 is 0 Å². The average molecular weight is 228 g/mol. The molecule has 0 unspecified atom stereocenters. The van der Waals surface area contributed by atoms with Crippen LogP contribution in [0.5, 0.6) is 5.75 Å². The summed E-state index contributed by atoms with van der Waals surface area (Å²) in [6.07, 6.45) is 2.14. The van der Waals surface area contributed by atoms with Crippen LogP contribution in [-0.2, 0) is 0 Å². The van der Waals surface area contributed by atoms with Gasteiger partial charge in [0.2, 0.25) is 0 Å². The standard InChI is InChI=1S/C10H10ClNO3/c11-6-15-10-4-3-8(12(13)14)5-9(10)7-1-2-7/h3-5,7H,1-2,6H2. The molecule has 0 amide bonds. The van der Waals surface area contributed by atoms with Gasteiger partial charge in [0.15, 0.2) is 6.07 Å². The molecule has 1 saturated carbocycles. The van der Waals surface area contributed by atoms with Gasteiger partial charge in [-0.25, -0.2) is 0 Å². The molecule has 0 spiro atoms. The summed E-state index contributed by atoms with van der Waals surface area (Å²) in [6, 6.07) is 4.71. The minimum atomic E-state index is -0.393. The zero-order chi connectivity index (χ0) is 10.8. The molecule has 4 nitrogen and oxygen atoms in total. The highest BCUT2D eigenvalue weighted by molar-refractivity contribution is 6.17. The van der Waals surface area contributed by atoms with Crippen LogP contribution in [0.4, 0.5) is 5.69 Å². The van der Waals surface area contributed by atoms with E-state index in [0.717, 1.165) is 18.4 Å². The monoisotopic (exact) mass is 227 g/mol. The zero-order valence-electron chi connectivity index (χ0n) is 7.98. The Bertz CT molecular complexity index is 390. The fourth-order valence-electron chi connectivity index (χ4n) is 1.55. The summed E-state index contributed by atoms with van der Waals surface area (Å²) in [7, 11) is 0. The highest BCUT2D eigenvalue weighted by atomic mass is 35.5. The van der Waals surface area contributed by atoms with Gasteiger partial charge in [0, 0.05) is 17.7 Å². The van der Waals surface area contributed by atoms with E-state index in [1.165, 1.54) is 6.07 Å². The van der Waals surface area contributed by atoms with Crippen molar-refractivity contribution < 1.29 is 9.66 Å². The molecule has 2 rings (SSSR count). The number of benzene rings is 1.